The molecule has 0 aliphatic carbocycles. The van der Waals surface area contributed by atoms with Gasteiger partial charge >= 0.3 is 0 Å². The molecule has 0 spiro atoms. The van der Waals surface area contributed by atoms with E-state index in [-0.39, 0.29) is 0 Å². The highest BCUT2D eigenvalue weighted by Crippen LogP contribution is 2.05. The van der Waals surface area contributed by atoms with Crippen molar-refractivity contribution in [1.29, 1.82) is 0 Å². The van der Waals surface area contributed by atoms with Crippen LogP contribution < -0.4 is 0 Å². The van der Waals surface area contributed by atoms with E-state index < -0.39 is 0 Å². The zero-order valence-corrected chi connectivity index (χ0v) is 9.35. The van der Waals surface area contributed by atoms with Gasteiger partial charge in [-0.15, -0.1) is 11.6 Å². The minimum atomic E-state index is 0.508. The normalized spacial score (nSPS) is 10.8. The van der Waals surface area contributed by atoms with Crippen molar-refractivity contribution in [1.82, 2.24) is 19.6 Å². The lowest BCUT2D eigenvalue weighted by atomic mass is 10.3. The Bertz CT molecular complexity index is 392. The highest BCUT2D eigenvalue weighted by Gasteiger charge is 2.00. The highest BCUT2D eigenvalue weighted by molar-refractivity contribution is 6.17. The summed E-state index contributed by atoms with van der Waals surface area (Å²) in [5, 5.41) is 8.42. The molecule has 0 N–H and O–H groups in total. The standard InChI is InChI=1S/C10H13ClN4/c1-2-14-7-10(5-12-14)8-15-6-9(3-11)4-13-15/h4-7H,2-3,8H2,1H3. The van der Waals surface area contributed by atoms with Crippen LogP contribution in [0.3, 0.4) is 0 Å². The predicted octanol–water partition coefficient (Wildman–Crippen LogP) is 1.89. The Morgan fingerprint density at radius 2 is 1.80 bits per heavy atom. The Labute approximate surface area is 93.5 Å². The summed E-state index contributed by atoms with van der Waals surface area (Å²) in [5.41, 5.74) is 2.20. The number of nitrogens with zero attached hydrogens (tertiary/aromatic N) is 4. The summed E-state index contributed by atoms with van der Waals surface area (Å²) in [7, 11) is 0. The van der Waals surface area contributed by atoms with Crippen LogP contribution in [0.15, 0.2) is 24.8 Å². The molecule has 0 radical (unpaired) electrons. The third kappa shape index (κ3) is 2.39. The summed E-state index contributed by atoms with van der Waals surface area (Å²) < 4.78 is 3.77. The lowest BCUT2D eigenvalue weighted by molar-refractivity contribution is 0.654. The summed E-state index contributed by atoms with van der Waals surface area (Å²) in [5.74, 6) is 0.508. The fourth-order valence-electron chi connectivity index (χ4n) is 1.41. The first-order valence-electron chi connectivity index (χ1n) is 4.90. The fraction of sp³-hybridized carbons (Fsp3) is 0.400. The topological polar surface area (TPSA) is 35.6 Å². The SMILES string of the molecule is CCn1cc(Cn2cc(CCl)cn2)cn1. The van der Waals surface area contributed by atoms with Crippen LogP contribution in [0.5, 0.6) is 0 Å². The van der Waals surface area contributed by atoms with Crippen LogP contribution in [0, 0.1) is 0 Å². The molecule has 0 unspecified atom stereocenters. The Morgan fingerprint density at radius 3 is 2.40 bits per heavy atom. The van der Waals surface area contributed by atoms with Gasteiger partial charge in [0.1, 0.15) is 0 Å². The van der Waals surface area contributed by atoms with Crippen molar-refractivity contribution in [2.45, 2.75) is 25.9 Å². The lowest BCUT2D eigenvalue weighted by Crippen LogP contribution is -1.99. The van der Waals surface area contributed by atoms with Gasteiger partial charge in [0.15, 0.2) is 0 Å². The Balaban J connectivity index is 2.07. The largest absolute Gasteiger partial charge is 0.273 e. The van der Waals surface area contributed by atoms with Crippen molar-refractivity contribution in [3.63, 3.8) is 0 Å². The van der Waals surface area contributed by atoms with Gasteiger partial charge in [-0.2, -0.15) is 10.2 Å². The summed E-state index contributed by atoms with van der Waals surface area (Å²) in [6.07, 6.45) is 7.64. The maximum absolute atomic E-state index is 5.70. The average Bonchev–Trinajstić information content (AvgIpc) is 2.87. The summed E-state index contributed by atoms with van der Waals surface area (Å²) in [6, 6.07) is 0. The van der Waals surface area contributed by atoms with Crippen molar-refractivity contribution in [3.8, 4) is 0 Å². The van der Waals surface area contributed by atoms with Crippen LogP contribution >= 0.6 is 11.6 Å². The van der Waals surface area contributed by atoms with E-state index in [9.17, 15) is 0 Å². The molecule has 0 atom stereocenters. The zero-order chi connectivity index (χ0) is 10.7. The van der Waals surface area contributed by atoms with Gasteiger partial charge in [-0.05, 0) is 6.92 Å². The molecule has 0 aromatic carbocycles. The van der Waals surface area contributed by atoms with Gasteiger partial charge in [0, 0.05) is 30.1 Å². The van der Waals surface area contributed by atoms with E-state index in [4.69, 9.17) is 11.6 Å². The van der Waals surface area contributed by atoms with Crippen molar-refractivity contribution in [3.05, 3.63) is 35.9 Å². The Hall–Kier alpha value is -1.29. The van der Waals surface area contributed by atoms with Crippen LogP contribution in [-0.4, -0.2) is 19.6 Å². The van der Waals surface area contributed by atoms with Crippen LogP contribution in [0.4, 0.5) is 0 Å². The van der Waals surface area contributed by atoms with E-state index in [0.29, 0.717) is 5.88 Å². The molecule has 80 valence electrons. The van der Waals surface area contributed by atoms with Gasteiger partial charge in [0.05, 0.1) is 24.8 Å². The first-order chi connectivity index (χ1) is 7.31. The van der Waals surface area contributed by atoms with Gasteiger partial charge in [0.25, 0.3) is 0 Å². The molecule has 5 heteroatoms. The van der Waals surface area contributed by atoms with Crippen LogP contribution in [0.2, 0.25) is 0 Å². The quantitative estimate of drug-likeness (QED) is 0.744. The summed E-state index contributed by atoms with van der Waals surface area (Å²) >= 11 is 5.70. The number of aromatic nitrogens is 4. The number of alkyl halides is 1. The van der Waals surface area contributed by atoms with E-state index in [0.717, 1.165) is 24.2 Å². The molecule has 0 saturated heterocycles. The molecule has 4 nitrogen and oxygen atoms in total. The molecule has 15 heavy (non-hydrogen) atoms. The Kier molecular flexibility index (Phi) is 3.06. The monoisotopic (exact) mass is 224 g/mol. The van der Waals surface area contributed by atoms with Crippen molar-refractivity contribution >= 4 is 11.6 Å². The summed E-state index contributed by atoms with van der Waals surface area (Å²) in [4.78, 5) is 0. The van der Waals surface area contributed by atoms with Crippen molar-refractivity contribution in [2.75, 3.05) is 0 Å². The second kappa shape index (κ2) is 4.49. The molecular formula is C10H13ClN4. The van der Waals surface area contributed by atoms with E-state index in [1.807, 2.05) is 28.0 Å². The first kappa shape index (κ1) is 10.2. The third-order valence-corrected chi connectivity index (χ3v) is 2.50. The highest BCUT2D eigenvalue weighted by atomic mass is 35.5. The van der Waals surface area contributed by atoms with Crippen molar-refractivity contribution in [2.24, 2.45) is 0 Å². The molecule has 0 aliphatic rings. The molecular weight excluding hydrogens is 212 g/mol. The van der Waals surface area contributed by atoms with Gasteiger partial charge in [-0.3, -0.25) is 9.36 Å². The number of hydrogen-bond donors (Lipinski definition) is 0. The van der Waals surface area contributed by atoms with Crippen molar-refractivity contribution < 1.29 is 0 Å². The van der Waals surface area contributed by atoms with E-state index in [1.165, 1.54) is 0 Å². The van der Waals surface area contributed by atoms with Gasteiger partial charge in [-0.1, -0.05) is 0 Å². The van der Waals surface area contributed by atoms with E-state index >= 15 is 0 Å². The molecule has 0 amide bonds. The minimum Gasteiger partial charge on any atom is -0.273 e. The second-order valence-corrected chi connectivity index (χ2v) is 3.65. The minimum absolute atomic E-state index is 0.508. The van der Waals surface area contributed by atoms with Crippen LogP contribution in [0.25, 0.3) is 0 Å². The van der Waals surface area contributed by atoms with Crippen LogP contribution in [0.1, 0.15) is 18.1 Å². The van der Waals surface area contributed by atoms with Gasteiger partial charge in [-0.25, -0.2) is 0 Å². The fourth-order valence-corrected chi connectivity index (χ4v) is 1.55. The van der Waals surface area contributed by atoms with Gasteiger partial charge in [0.2, 0.25) is 0 Å². The van der Waals surface area contributed by atoms with Gasteiger partial charge < -0.3 is 0 Å². The number of hydrogen-bond acceptors (Lipinski definition) is 2. The Morgan fingerprint density at radius 1 is 1.13 bits per heavy atom. The molecule has 0 saturated carbocycles. The van der Waals surface area contributed by atoms with E-state index in [2.05, 4.69) is 17.1 Å². The smallest absolute Gasteiger partial charge is 0.0690 e. The second-order valence-electron chi connectivity index (χ2n) is 3.38. The molecule has 2 rings (SSSR count). The number of aryl methyl sites for hydroxylation is 1. The predicted molar refractivity (Wildman–Crippen MR) is 58.8 cm³/mol. The molecule has 0 bridgehead atoms. The zero-order valence-electron chi connectivity index (χ0n) is 8.60. The molecule has 2 aromatic rings. The number of rotatable bonds is 4. The maximum atomic E-state index is 5.70. The molecule has 0 fully saturated rings. The lowest BCUT2D eigenvalue weighted by Gasteiger charge is -1.96. The average molecular weight is 225 g/mol. The molecule has 0 aliphatic heterocycles. The molecule has 2 heterocycles. The number of halogens is 1. The van der Waals surface area contributed by atoms with E-state index in [1.54, 1.807) is 6.20 Å². The van der Waals surface area contributed by atoms with Crippen LogP contribution in [-0.2, 0) is 19.0 Å². The molecule has 2 aromatic heterocycles. The maximum Gasteiger partial charge on any atom is 0.0690 e. The summed E-state index contributed by atoms with van der Waals surface area (Å²) in [6.45, 7) is 3.71. The first-order valence-corrected chi connectivity index (χ1v) is 5.44. The third-order valence-electron chi connectivity index (χ3n) is 2.20.